The minimum absolute atomic E-state index is 0.297. The summed E-state index contributed by atoms with van der Waals surface area (Å²) in [5.74, 6) is 0. The van der Waals surface area contributed by atoms with Gasteiger partial charge in [0, 0.05) is 17.8 Å². The maximum atomic E-state index is 12.0. The molecule has 11 nitrogen and oxygen atoms in total. The van der Waals surface area contributed by atoms with E-state index in [1.54, 1.807) is 12.1 Å². The molecular formula is C27H26F6N4O7S2. The molecule has 250 valence electrons. The molecule has 0 spiro atoms. The van der Waals surface area contributed by atoms with Crippen LogP contribution in [0.2, 0.25) is 0 Å². The van der Waals surface area contributed by atoms with Gasteiger partial charge in [0.25, 0.3) is 0 Å². The number of isocyanates is 1. The number of nitrogens with zero attached hydrogens (tertiary/aromatic N) is 3. The van der Waals surface area contributed by atoms with Crippen LogP contribution in [-0.2, 0) is 49.0 Å². The summed E-state index contributed by atoms with van der Waals surface area (Å²) >= 11 is 0. The molecule has 0 saturated heterocycles. The first-order valence-corrected chi connectivity index (χ1v) is 15.8. The second-order valence-electron chi connectivity index (χ2n) is 9.11. The molecule has 3 aromatic rings. The van der Waals surface area contributed by atoms with Crippen LogP contribution in [-0.4, -0.2) is 46.6 Å². The molecule has 0 saturated carbocycles. The minimum Gasteiger partial charge on any atom is -0.443 e. The summed E-state index contributed by atoms with van der Waals surface area (Å²) < 4.78 is 116. The van der Waals surface area contributed by atoms with E-state index in [-0.39, 0.29) is 0 Å². The van der Waals surface area contributed by atoms with Gasteiger partial charge in [-0.25, -0.2) is 31.0 Å². The number of amides is 1. The van der Waals surface area contributed by atoms with E-state index < -0.39 is 37.2 Å². The minimum atomic E-state index is -6.72. The molecule has 1 heterocycles. The Kier molecular flexibility index (Phi) is 13.4. The topological polar surface area (TPSA) is 154 Å². The molecule has 0 atom stereocenters. The molecule has 1 aromatic heterocycles. The number of rotatable bonds is 11. The van der Waals surface area contributed by atoms with Crippen molar-refractivity contribution in [1.82, 2.24) is 0 Å². The van der Waals surface area contributed by atoms with E-state index >= 15 is 0 Å². The number of hydrogen-bond donors (Lipinski definition) is 1. The number of sulfonamides is 2. The second-order valence-corrected chi connectivity index (χ2v) is 12.5. The highest BCUT2D eigenvalue weighted by molar-refractivity contribution is 8.13. The number of anilines is 1. The monoisotopic (exact) mass is 696 g/mol. The predicted molar refractivity (Wildman–Crippen MR) is 152 cm³/mol. The van der Waals surface area contributed by atoms with E-state index in [2.05, 4.69) is 29.4 Å². The maximum absolute atomic E-state index is 12.0. The van der Waals surface area contributed by atoms with Crippen LogP contribution in [0.3, 0.4) is 0 Å². The van der Waals surface area contributed by atoms with Crippen molar-refractivity contribution in [2.75, 3.05) is 11.9 Å². The Morgan fingerprint density at radius 3 is 1.80 bits per heavy atom. The number of carbonyl (C=O) groups is 1. The van der Waals surface area contributed by atoms with Gasteiger partial charge < -0.3 is 8.86 Å². The van der Waals surface area contributed by atoms with Crippen LogP contribution in [0.25, 0.3) is 4.13 Å². The van der Waals surface area contributed by atoms with Crippen molar-refractivity contribution in [1.29, 1.82) is 0 Å². The Labute approximate surface area is 260 Å². The van der Waals surface area contributed by atoms with E-state index in [1.807, 2.05) is 53.4 Å². The lowest BCUT2D eigenvalue weighted by Crippen LogP contribution is -2.36. The lowest BCUT2D eigenvalue weighted by Gasteiger charge is -2.22. The quantitative estimate of drug-likeness (QED) is 0.115. The van der Waals surface area contributed by atoms with E-state index in [4.69, 9.17) is 4.74 Å². The maximum Gasteiger partial charge on any atom is 0.480 e. The van der Waals surface area contributed by atoms with Crippen LogP contribution < -0.4 is 9.88 Å². The van der Waals surface area contributed by atoms with Gasteiger partial charge in [-0.3, -0.25) is 5.32 Å². The van der Waals surface area contributed by atoms with Crippen LogP contribution >= 0.6 is 0 Å². The summed E-state index contributed by atoms with van der Waals surface area (Å²) in [6, 6.07) is 19.2. The van der Waals surface area contributed by atoms with Crippen molar-refractivity contribution in [3.8, 4) is 0 Å². The number of benzene rings is 2. The molecule has 0 aliphatic rings. The predicted octanol–water partition coefficient (Wildman–Crippen LogP) is 5.79. The molecule has 0 radical (unpaired) electrons. The van der Waals surface area contributed by atoms with Crippen molar-refractivity contribution < 1.29 is 62.1 Å². The Bertz CT molecular complexity index is 1670. The smallest absolute Gasteiger partial charge is 0.443 e. The SMILES string of the molecule is CCCc1cc[n+](CCOC(=O)Nc2ccc(Cc3ccc(N=C=O)cc3)cc2)cc1.O=S(=O)([N-]S(=O)(=O)C(F)(F)F)C(F)(F)F. The average Bonchev–Trinajstić information content (AvgIpc) is 2.95. The molecule has 1 N–H and O–H groups in total. The summed E-state index contributed by atoms with van der Waals surface area (Å²) in [7, 11) is -13.4. The van der Waals surface area contributed by atoms with Crippen LogP contribution in [0.15, 0.2) is 78.0 Å². The number of pyridine rings is 1. The number of halogens is 6. The summed E-state index contributed by atoms with van der Waals surface area (Å²) in [5.41, 5.74) is -7.62. The third kappa shape index (κ3) is 12.2. The number of carbonyl (C=O) groups excluding carboxylic acids is 2. The molecule has 2 aromatic carbocycles. The van der Waals surface area contributed by atoms with Crippen LogP contribution in [0.5, 0.6) is 0 Å². The largest absolute Gasteiger partial charge is 0.480 e. The summed E-state index contributed by atoms with van der Waals surface area (Å²) in [6.45, 7) is 3.06. The fraction of sp³-hybridized carbons (Fsp3) is 0.296. The standard InChI is InChI=1S/C25H25N3O3.C2F6NO4S2/c1-2-3-20-12-14-28(15-13-20)16-17-31-25(30)27-24-10-6-22(7-11-24)18-21-4-8-23(9-5-21)26-19-29;3-1(4,5)14(10,11)9-15(12,13)2(6,7)8/h4-15H,2-3,16-18H2,1H3;/q;-1/p+1. The van der Waals surface area contributed by atoms with Gasteiger partial charge in [0.1, 0.15) is 0 Å². The van der Waals surface area contributed by atoms with Crippen molar-refractivity contribution in [3.05, 3.63) is 93.9 Å². The molecule has 0 fully saturated rings. The molecule has 1 amide bonds. The van der Waals surface area contributed by atoms with Crippen molar-refractivity contribution >= 4 is 43.6 Å². The highest BCUT2D eigenvalue weighted by Crippen LogP contribution is 2.36. The fourth-order valence-corrected chi connectivity index (χ4v) is 5.10. The number of hydrogen-bond acceptors (Lipinski definition) is 8. The second kappa shape index (κ2) is 16.3. The zero-order valence-electron chi connectivity index (χ0n) is 23.7. The Balaban J connectivity index is 0.000000415. The van der Waals surface area contributed by atoms with Gasteiger partial charge in [-0.1, -0.05) is 37.6 Å². The van der Waals surface area contributed by atoms with Gasteiger partial charge in [-0.15, -0.1) is 0 Å². The summed E-state index contributed by atoms with van der Waals surface area (Å²) in [6.07, 6.45) is 8.01. The number of aryl methyl sites for hydroxylation is 1. The van der Waals surface area contributed by atoms with Gasteiger partial charge in [0.15, 0.2) is 45.6 Å². The lowest BCUT2D eigenvalue weighted by molar-refractivity contribution is -0.697. The molecule has 0 aliphatic heterocycles. The first-order valence-electron chi connectivity index (χ1n) is 12.9. The fourth-order valence-electron chi connectivity index (χ4n) is 3.39. The Hall–Kier alpha value is -4.32. The molecular weight excluding hydrogens is 670 g/mol. The number of ether oxygens (including phenoxy) is 1. The van der Waals surface area contributed by atoms with E-state index in [0.29, 0.717) is 24.5 Å². The van der Waals surface area contributed by atoms with Gasteiger partial charge in [0.2, 0.25) is 6.08 Å². The van der Waals surface area contributed by atoms with E-state index in [9.17, 15) is 52.8 Å². The van der Waals surface area contributed by atoms with Crippen LogP contribution in [0.1, 0.15) is 30.0 Å². The number of alkyl halides is 6. The highest BCUT2D eigenvalue weighted by Gasteiger charge is 2.46. The number of aromatic nitrogens is 1. The molecule has 3 rings (SSSR count). The Morgan fingerprint density at radius 2 is 1.35 bits per heavy atom. The van der Waals surface area contributed by atoms with E-state index in [1.165, 1.54) is 11.6 Å². The van der Waals surface area contributed by atoms with Crippen molar-refractivity contribution in [2.24, 2.45) is 4.99 Å². The molecule has 0 unspecified atom stereocenters. The zero-order valence-corrected chi connectivity index (χ0v) is 25.4. The van der Waals surface area contributed by atoms with Crippen molar-refractivity contribution in [3.63, 3.8) is 0 Å². The number of aliphatic imine (C=N–C) groups is 1. The van der Waals surface area contributed by atoms with Crippen LogP contribution in [0, 0.1) is 0 Å². The summed E-state index contributed by atoms with van der Waals surface area (Å²) in [5, 5.41) is 2.75. The van der Waals surface area contributed by atoms with Gasteiger partial charge in [-0.2, -0.15) is 31.3 Å². The first-order chi connectivity index (χ1) is 21.4. The third-order valence-electron chi connectivity index (χ3n) is 5.58. The molecule has 46 heavy (non-hydrogen) atoms. The van der Waals surface area contributed by atoms with Gasteiger partial charge >= 0.3 is 17.1 Å². The molecule has 0 aliphatic carbocycles. The Morgan fingerprint density at radius 1 is 0.848 bits per heavy atom. The molecule has 0 bridgehead atoms. The highest BCUT2D eigenvalue weighted by atomic mass is 32.3. The van der Waals surface area contributed by atoms with Crippen molar-refractivity contribution in [2.45, 2.75) is 43.7 Å². The van der Waals surface area contributed by atoms with E-state index in [0.717, 1.165) is 34.5 Å². The van der Waals surface area contributed by atoms with Gasteiger partial charge in [-0.05, 0) is 53.8 Å². The lowest BCUT2D eigenvalue weighted by atomic mass is 10.0. The van der Waals surface area contributed by atoms with Gasteiger partial charge in [0.05, 0.1) is 5.69 Å². The first kappa shape index (κ1) is 37.9. The number of nitrogens with one attached hydrogen (secondary N) is 1. The average molecular weight is 697 g/mol. The normalized spacial score (nSPS) is 11.9. The third-order valence-corrected chi connectivity index (χ3v) is 8.32. The van der Waals surface area contributed by atoms with Crippen LogP contribution in [0.4, 0.5) is 42.5 Å². The summed E-state index contributed by atoms with van der Waals surface area (Å²) in [4.78, 5) is 25.9. The molecule has 19 heteroatoms. The zero-order chi connectivity index (χ0) is 34.6.